The maximum Gasteiger partial charge on any atom is 0.282 e. The number of rotatable bonds is 6. The summed E-state index contributed by atoms with van der Waals surface area (Å²) < 4.78 is 14.4. The Morgan fingerprint density at radius 3 is 2.59 bits per heavy atom. The number of fused-ring (bicyclic) bond motifs is 1. The lowest BCUT2D eigenvalue weighted by molar-refractivity contribution is 0.188. The molecule has 2 aromatic carbocycles. The molecule has 0 N–H and O–H groups in total. The number of benzene rings is 2. The Balaban J connectivity index is 2.06. The molecule has 0 bridgehead atoms. The number of hydrogen-bond donors (Lipinski definition) is 0. The third-order valence-corrected chi connectivity index (χ3v) is 6.32. The second kappa shape index (κ2) is 9.93. The summed E-state index contributed by atoms with van der Waals surface area (Å²) in [4.78, 5) is 17.5. The van der Waals surface area contributed by atoms with Crippen LogP contribution in [0.25, 0.3) is 10.9 Å². The van der Waals surface area contributed by atoms with Crippen LogP contribution in [0.1, 0.15) is 39.1 Å². The molecule has 0 unspecified atom stereocenters. The normalized spacial score (nSPS) is 12.0. The van der Waals surface area contributed by atoms with Gasteiger partial charge in [-0.15, -0.1) is 0 Å². The van der Waals surface area contributed by atoms with Crippen molar-refractivity contribution in [1.82, 2.24) is 9.66 Å². The topological polar surface area (TPSA) is 65.7 Å². The van der Waals surface area contributed by atoms with E-state index in [0.717, 1.165) is 4.47 Å². The van der Waals surface area contributed by atoms with Gasteiger partial charge >= 0.3 is 0 Å². The lowest BCUT2D eigenvalue weighted by atomic mass is 9.99. The van der Waals surface area contributed by atoms with Crippen LogP contribution in [0.3, 0.4) is 0 Å². The molecule has 3 rings (SSSR count). The second-order valence-corrected chi connectivity index (χ2v) is 10.5. The second-order valence-electron chi connectivity index (χ2n) is 8.39. The van der Waals surface area contributed by atoms with Crippen molar-refractivity contribution in [1.29, 1.82) is 0 Å². The fraction of sp³-hybridized carbons (Fsp3) is 0.348. The van der Waals surface area contributed by atoms with Crippen LogP contribution in [-0.2, 0) is 0 Å². The van der Waals surface area contributed by atoms with Crippen molar-refractivity contribution in [3.8, 4) is 11.5 Å². The van der Waals surface area contributed by atoms with Crippen LogP contribution in [0.4, 0.5) is 0 Å². The molecule has 1 heterocycles. The van der Waals surface area contributed by atoms with E-state index >= 15 is 0 Å². The summed E-state index contributed by atoms with van der Waals surface area (Å²) in [6, 6.07) is 7.16. The monoisotopic (exact) mass is 583 g/mol. The minimum absolute atomic E-state index is 0.0454. The molecule has 1 aromatic heterocycles. The molecular weight excluding hydrogens is 562 g/mol. The summed E-state index contributed by atoms with van der Waals surface area (Å²) >= 11 is 13.5. The standard InChI is InChI=1S/C23H24Br2ClN3O3/c1-6-31-18-9-14(19(25)20(26)21(18)32-12-23(3,4)5)11-27-29-13(2)28-17-8-7-15(24)10-16(17)22(29)30/h7-11H,6,12H2,1-5H3. The van der Waals surface area contributed by atoms with Gasteiger partial charge in [-0.2, -0.15) is 9.78 Å². The summed E-state index contributed by atoms with van der Waals surface area (Å²) in [7, 11) is 0. The van der Waals surface area contributed by atoms with Crippen molar-refractivity contribution in [2.45, 2.75) is 34.6 Å². The molecule has 32 heavy (non-hydrogen) atoms. The van der Waals surface area contributed by atoms with Gasteiger partial charge in [0.15, 0.2) is 11.5 Å². The molecule has 170 valence electrons. The molecule has 0 spiro atoms. The minimum atomic E-state index is -0.262. The predicted molar refractivity (Wildman–Crippen MR) is 137 cm³/mol. The lowest BCUT2D eigenvalue weighted by Crippen LogP contribution is -2.20. The summed E-state index contributed by atoms with van der Waals surface area (Å²) in [5.74, 6) is 1.45. The van der Waals surface area contributed by atoms with Gasteiger partial charge in [0, 0.05) is 14.5 Å². The van der Waals surface area contributed by atoms with Crippen molar-refractivity contribution >= 4 is 60.6 Å². The average Bonchev–Trinajstić information content (AvgIpc) is 2.71. The Hall–Kier alpha value is -1.90. The maximum atomic E-state index is 13.0. The molecule has 0 amide bonds. The molecule has 0 saturated heterocycles. The zero-order valence-electron chi connectivity index (χ0n) is 18.5. The summed E-state index contributed by atoms with van der Waals surface area (Å²) in [5, 5.41) is 5.24. The Labute approximate surface area is 208 Å². The summed E-state index contributed by atoms with van der Waals surface area (Å²) in [6.07, 6.45) is 1.55. The van der Waals surface area contributed by atoms with Crippen LogP contribution in [0.15, 0.2) is 43.1 Å². The number of aromatic nitrogens is 2. The smallest absolute Gasteiger partial charge is 0.282 e. The van der Waals surface area contributed by atoms with Gasteiger partial charge in [0.2, 0.25) is 0 Å². The number of halogens is 3. The Kier molecular flexibility index (Phi) is 7.68. The first kappa shape index (κ1) is 24.7. The Morgan fingerprint density at radius 1 is 1.22 bits per heavy atom. The highest BCUT2D eigenvalue weighted by Gasteiger charge is 2.20. The SMILES string of the molecule is CCOc1cc(C=Nn2c(C)nc3ccc(Br)cc3c2=O)c(Br)c(Cl)c1OCC(C)(C)C. The Morgan fingerprint density at radius 2 is 1.94 bits per heavy atom. The first-order valence-electron chi connectivity index (χ1n) is 10.0. The van der Waals surface area contributed by atoms with E-state index in [2.05, 4.69) is 62.7 Å². The van der Waals surface area contributed by atoms with E-state index in [1.54, 1.807) is 31.3 Å². The third-order valence-electron chi connectivity index (χ3n) is 4.39. The van der Waals surface area contributed by atoms with E-state index in [4.69, 9.17) is 21.1 Å². The van der Waals surface area contributed by atoms with Gasteiger partial charge in [0.05, 0.1) is 30.3 Å². The van der Waals surface area contributed by atoms with Crippen molar-refractivity contribution in [2.75, 3.05) is 13.2 Å². The van der Waals surface area contributed by atoms with Crippen LogP contribution in [0, 0.1) is 12.3 Å². The molecule has 0 fully saturated rings. The van der Waals surface area contributed by atoms with Crippen LogP contribution in [-0.4, -0.2) is 29.1 Å². The van der Waals surface area contributed by atoms with Gasteiger partial charge in [-0.05, 0) is 59.5 Å². The molecule has 3 aromatic rings. The van der Waals surface area contributed by atoms with E-state index < -0.39 is 0 Å². The molecule has 0 atom stereocenters. The predicted octanol–water partition coefficient (Wildman–Crippen LogP) is 6.59. The van der Waals surface area contributed by atoms with E-state index in [9.17, 15) is 4.79 Å². The first-order valence-corrected chi connectivity index (χ1v) is 12.0. The number of hydrogen-bond acceptors (Lipinski definition) is 5. The van der Waals surface area contributed by atoms with E-state index in [0.29, 0.717) is 56.5 Å². The summed E-state index contributed by atoms with van der Waals surface area (Å²) in [6.45, 7) is 10.8. The van der Waals surface area contributed by atoms with E-state index in [1.165, 1.54) is 4.68 Å². The van der Waals surface area contributed by atoms with E-state index in [-0.39, 0.29) is 11.0 Å². The highest BCUT2D eigenvalue weighted by molar-refractivity contribution is 9.10. The van der Waals surface area contributed by atoms with Gasteiger partial charge < -0.3 is 9.47 Å². The zero-order chi connectivity index (χ0) is 23.6. The van der Waals surface area contributed by atoms with Gasteiger partial charge in [-0.3, -0.25) is 4.79 Å². The molecule has 0 radical (unpaired) electrons. The fourth-order valence-electron chi connectivity index (χ4n) is 2.90. The molecule has 0 aliphatic carbocycles. The number of nitrogens with zero attached hydrogens (tertiary/aromatic N) is 3. The largest absolute Gasteiger partial charge is 0.490 e. The quantitative estimate of drug-likeness (QED) is 0.306. The van der Waals surface area contributed by atoms with Crippen LogP contribution < -0.4 is 15.0 Å². The molecule has 6 nitrogen and oxygen atoms in total. The molecule has 0 saturated carbocycles. The van der Waals surface area contributed by atoms with E-state index in [1.807, 2.05) is 13.0 Å². The molecule has 0 aliphatic rings. The minimum Gasteiger partial charge on any atom is -0.490 e. The molecule has 9 heteroatoms. The Bertz CT molecular complexity index is 1250. The van der Waals surface area contributed by atoms with Crippen molar-refractivity contribution in [3.63, 3.8) is 0 Å². The van der Waals surface area contributed by atoms with Crippen molar-refractivity contribution < 1.29 is 9.47 Å². The molecule has 0 aliphatic heterocycles. The lowest BCUT2D eigenvalue weighted by Gasteiger charge is -2.22. The summed E-state index contributed by atoms with van der Waals surface area (Å²) in [5.41, 5.74) is 0.950. The van der Waals surface area contributed by atoms with Crippen LogP contribution in [0.2, 0.25) is 5.02 Å². The number of aryl methyl sites for hydroxylation is 1. The van der Waals surface area contributed by atoms with Crippen molar-refractivity contribution in [2.24, 2.45) is 10.5 Å². The highest BCUT2D eigenvalue weighted by Crippen LogP contribution is 2.43. The van der Waals surface area contributed by atoms with Gasteiger partial charge in [-0.25, -0.2) is 4.98 Å². The number of ether oxygens (including phenoxy) is 2. The van der Waals surface area contributed by atoms with Crippen molar-refractivity contribution in [3.05, 3.63) is 60.0 Å². The fourth-order valence-corrected chi connectivity index (χ4v) is 3.92. The van der Waals surface area contributed by atoms with Crippen LogP contribution >= 0.6 is 43.5 Å². The average molecular weight is 586 g/mol. The highest BCUT2D eigenvalue weighted by atomic mass is 79.9. The maximum absolute atomic E-state index is 13.0. The van der Waals surface area contributed by atoms with Gasteiger partial charge in [-0.1, -0.05) is 48.3 Å². The van der Waals surface area contributed by atoms with Crippen LogP contribution in [0.5, 0.6) is 11.5 Å². The zero-order valence-corrected chi connectivity index (χ0v) is 22.4. The molecular formula is C23H24Br2ClN3O3. The third kappa shape index (κ3) is 5.53. The van der Waals surface area contributed by atoms with Gasteiger partial charge in [0.1, 0.15) is 10.8 Å². The van der Waals surface area contributed by atoms with Gasteiger partial charge in [0.25, 0.3) is 5.56 Å². The first-order chi connectivity index (χ1) is 15.0.